The number of hydrogen-bond donors (Lipinski definition) is 3. The SMILES string of the molecule is COCC(C)OC1CN(c2nc3c(cc2F)CC(NC(=O)c2sc4nc(C)c(F)cc4c2N)CC3)CC1N. The van der Waals surface area contributed by atoms with Crippen molar-refractivity contribution in [3.05, 3.63) is 45.6 Å². The molecule has 0 aromatic carbocycles. The van der Waals surface area contributed by atoms with Gasteiger partial charge in [0, 0.05) is 37.3 Å². The minimum absolute atomic E-state index is 0.117. The molecule has 2 aliphatic rings. The van der Waals surface area contributed by atoms with E-state index in [1.807, 2.05) is 11.8 Å². The fourth-order valence-electron chi connectivity index (χ4n) is 5.18. The molecule has 4 atom stereocenters. The van der Waals surface area contributed by atoms with Crippen molar-refractivity contribution in [3.8, 4) is 0 Å². The maximum absolute atomic E-state index is 15.2. The van der Waals surface area contributed by atoms with E-state index in [1.54, 1.807) is 14.0 Å². The van der Waals surface area contributed by atoms with Gasteiger partial charge in [0.15, 0.2) is 11.6 Å². The second kappa shape index (κ2) is 10.7. The van der Waals surface area contributed by atoms with E-state index in [2.05, 4.69) is 15.3 Å². The Hall–Kier alpha value is -2.93. The number of thiophene rings is 1. The Balaban J connectivity index is 1.27. The van der Waals surface area contributed by atoms with E-state index < -0.39 is 11.6 Å². The minimum Gasteiger partial charge on any atom is -0.397 e. The number of ether oxygens (including phenoxy) is 2. The number of carbonyl (C=O) groups excluding carboxylic acids is 1. The van der Waals surface area contributed by atoms with Crippen molar-refractivity contribution in [1.82, 2.24) is 15.3 Å². The van der Waals surface area contributed by atoms with E-state index in [4.69, 9.17) is 20.9 Å². The van der Waals surface area contributed by atoms with Gasteiger partial charge in [-0.3, -0.25) is 4.79 Å². The van der Waals surface area contributed by atoms with Gasteiger partial charge in [-0.25, -0.2) is 18.7 Å². The molecular formula is C26H32F2N6O3S. The third-order valence-corrected chi connectivity index (χ3v) is 8.24. The van der Waals surface area contributed by atoms with Gasteiger partial charge in [-0.2, -0.15) is 0 Å². The summed E-state index contributed by atoms with van der Waals surface area (Å²) in [5.74, 6) is -0.959. The van der Waals surface area contributed by atoms with Gasteiger partial charge >= 0.3 is 0 Å². The molecule has 1 fully saturated rings. The van der Waals surface area contributed by atoms with Crippen LogP contribution >= 0.6 is 11.3 Å². The van der Waals surface area contributed by atoms with Crippen LogP contribution in [0.1, 0.15) is 40.0 Å². The number of rotatable bonds is 7. The number of nitrogens with zero attached hydrogens (tertiary/aromatic N) is 3. The zero-order valence-electron chi connectivity index (χ0n) is 21.6. The second-order valence-corrected chi connectivity index (χ2v) is 11.1. The summed E-state index contributed by atoms with van der Waals surface area (Å²) in [6.45, 7) is 4.83. The first-order valence-electron chi connectivity index (χ1n) is 12.6. The topological polar surface area (TPSA) is 129 Å². The molecule has 9 nitrogen and oxygen atoms in total. The summed E-state index contributed by atoms with van der Waals surface area (Å²) in [4.78, 5) is 24.5. The molecule has 3 aromatic heterocycles. The van der Waals surface area contributed by atoms with Gasteiger partial charge in [-0.1, -0.05) is 0 Å². The third-order valence-electron chi connectivity index (χ3n) is 7.13. The van der Waals surface area contributed by atoms with Gasteiger partial charge in [-0.05, 0) is 50.8 Å². The summed E-state index contributed by atoms with van der Waals surface area (Å²) in [5.41, 5.74) is 14.5. The first-order chi connectivity index (χ1) is 18.1. The van der Waals surface area contributed by atoms with E-state index in [1.165, 1.54) is 12.1 Å². The predicted molar refractivity (Wildman–Crippen MR) is 143 cm³/mol. The number of anilines is 2. The molecule has 0 saturated carbocycles. The quantitative estimate of drug-likeness (QED) is 0.413. The van der Waals surface area contributed by atoms with Crippen molar-refractivity contribution in [3.63, 3.8) is 0 Å². The molecule has 5 N–H and O–H groups in total. The van der Waals surface area contributed by atoms with Crippen LogP contribution in [0.25, 0.3) is 10.2 Å². The number of nitrogens with one attached hydrogen (secondary N) is 1. The fourth-order valence-corrected chi connectivity index (χ4v) is 6.21. The van der Waals surface area contributed by atoms with Crippen molar-refractivity contribution >= 4 is 39.0 Å². The maximum atomic E-state index is 15.2. The lowest BCUT2D eigenvalue weighted by atomic mass is 9.91. The fraction of sp³-hybridized carbons (Fsp3) is 0.500. The van der Waals surface area contributed by atoms with Crippen LogP contribution in [0.15, 0.2) is 12.1 Å². The number of halogens is 2. The molecule has 0 bridgehead atoms. The highest BCUT2D eigenvalue weighted by molar-refractivity contribution is 7.21. The number of methoxy groups -OCH3 is 1. The average Bonchev–Trinajstić information content (AvgIpc) is 3.38. The minimum atomic E-state index is -0.466. The van der Waals surface area contributed by atoms with E-state index in [-0.39, 0.29) is 47.4 Å². The Morgan fingerprint density at radius 3 is 2.84 bits per heavy atom. The Morgan fingerprint density at radius 2 is 2.08 bits per heavy atom. The van der Waals surface area contributed by atoms with Crippen LogP contribution in [0.4, 0.5) is 20.3 Å². The van der Waals surface area contributed by atoms with Gasteiger partial charge in [0.2, 0.25) is 0 Å². The zero-order valence-corrected chi connectivity index (χ0v) is 22.4. The molecule has 1 aliphatic heterocycles. The largest absolute Gasteiger partial charge is 0.397 e. The molecule has 0 spiro atoms. The van der Waals surface area contributed by atoms with Crippen molar-refractivity contribution in [2.24, 2.45) is 5.73 Å². The lowest BCUT2D eigenvalue weighted by molar-refractivity contribution is -0.0348. The summed E-state index contributed by atoms with van der Waals surface area (Å²) in [5, 5.41) is 3.43. The Morgan fingerprint density at radius 1 is 1.29 bits per heavy atom. The maximum Gasteiger partial charge on any atom is 0.263 e. The Kier molecular flexibility index (Phi) is 7.49. The second-order valence-electron chi connectivity index (χ2n) is 10.1. The summed E-state index contributed by atoms with van der Waals surface area (Å²) < 4.78 is 40.3. The van der Waals surface area contributed by atoms with Gasteiger partial charge in [0.25, 0.3) is 5.91 Å². The molecule has 0 radical (unpaired) electrons. The summed E-state index contributed by atoms with van der Waals surface area (Å²) in [6.07, 6.45) is 1.32. The van der Waals surface area contributed by atoms with Crippen LogP contribution in [0, 0.1) is 18.6 Å². The predicted octanol–water partition coefficient (Wildman–Crippen LogP) is 2.71. The van der Waals surface area contributed by atoms with Crippen molar-refractivity contribution in [1.29, 1.82) is 0 Å². The number of pyridine rings is 2. The summed E-state index contributed by atoms with van der Waals surface area (Å²) >= 11 is 1.13. The molecule has 38 heavy (non-hydrogen) atoms. The molecule has 1 saturated heterocycles. The normalized spacial score (nSPS) is 22.1. The van der Waals surface area contributed by atoms with Crippen LogP contribution in [-0.2, 0) is 22.3 Å². The molecule has 3 aromatic rings. The van der Waals surface area contributed by atoms with Crippen LogP contribution < -0.4 is 21.7 Å². The van der Waals surface area contributed by atoms with E-state index >= 15 is 4.39 Å². The highest BCUT2D eigenvalue weighted by Gasteiger charge is 2.35. The number of aryl methyl sites for hydroxylation is 2. The Bertz CT molecular complexity index is 1370. The highest BCUT2D eigenvalue weighted by atomic mass is 32.1. The number of amides is 1. The molecule has 4 heterocycles. The van der Waals surface area contributed by atoms with Crippen LogP contribution in [0.2, 0.25) is 0 Å². The smallest absolute Gasteiger partial charge is 0.263 e. The third kappa shape index (κ3) is 5.18. The number of fused-ring (bicyclic) bond motifs is 2. The van der Waals surface area contributed by atoms with Gasteiger partial charge in [-0.15, -0.1) is 11.3 Å². The number of aromatic nitrogens is 2. The van der Waals surface area contributed by atoms with Gasteiger partial charge in [0.1, 0.15) is 15.5 Å². The molecule has 5 rings (SSSR count). The monoisotopic (exact) mass is 546 g/mol. The summed E-state index contributed by atoms with van der Waals surface area (Å²) in [6, 6.07) is 2.35. The van der Waals surface area contributed by atoms with E-state index in [0.29, 0.717) is 54.1 Å². The van der Waals surface area contributed by atoms with Crippen LogP contribution in [0.3, 0.4) is 0 Å². The first kappa shape index (κ1) is 26.7. The van der Waals surface area contributed by atoms with Crippen molar-refractivity contribution in [2.75, 3.05) is 37.4 Å². The lowest BCUT2D eigenvalue weighted by Gasteiger charge is -2.27. The number of nitrogens with two attached hydrogens (primary N) is 2. The molecule has 1 aliphatic carbocycles. The lowest BCUT2D eigenvalue weighted by Crippen LogP contribution is -2.39. The first-order valence-corrected chi connectivity index (χ1v) is 13.5. The molecule has 1 amide bonds. The number of carbonyl (C=O) groups is 1. The number of hydrogen-bond acceptors (Lipinski definition) is 9. The van der Waals surface area contributed by atoms with E-state index in [9.17, 15) is 9.18 Å². The average molecular weight is 547 g/mol. The highest BCUT2D eigenvalue weighted by Crippen LogP contribution is 2.34. The van der Waals surface area contributed by atoms with Crippen molar-refractivity contribution in [2.45, 2.75) is 57.4 Å². The molecule has 12 heteroatoms. The van der Waals surface area contributed by atoms with Crippen LogP contribution in [0.5, 0.6) is 0 Å². The van der Waals surface area contributed by atoms with Gasteiger partial charge < -0.3 is 31.2 Å². The van der Waals surface area contributed by atoms with Crippen molar-refractivity contribution < 1.29 is 23.0 Å². The molecule has 204 valence electrons. The molecular weight excluding hydrogens is 514 g/mol. The van der Waals surface area contributed by atoms with Crippen LogP contribution in [-0.4, -0.2) is 67.0 Å². The number of nitrogen functional groups attached to an aromatic ring is 1. The summed E-state index contributed by atoms with van der Waals surface area (Å²) in [7, 11) is 1.61. The standard InChI is InChI=1S/C26H32F2N6O3S/c1-12(11-36-3)37-21-10-34(9-19(21)29)24-18(28)7-14-6-15(4-5-20(14)33-24)32-25(35)23-22(30)16-8-17(27)13(2)31-26(16)38-23/h7-8,12,15,19,21H,4-6,9-11,29-30H2,1-3H3,(H,32,35). The Labute approximate surface area is 223 Å². The van der Waals surface area contributed by atoms with Gasteiger partial charge in [0.05, 0.1) is 36.2 Å². The molecule has 4 unspecified atom stereocenters. The van der Waals surface area contributed by atoms with E-state index in [0.717, 1.165) is 22.6 Å². The zero-order chi connectivity index (χ0) is 27.1.